The van der Waals surface area contributed by atoms with E-state index in [2.05, 4.69) is 9.88 Å². The second-order valence-electron chi connectivity index (χ2n) is 4.31. The van der Waals surface area contributed by atoms with Crippen LogP contribution in [0.15, 0.2) is 18.5 Å². The number of carbonyl (C=O) groups is 1. The highest BCUT2D eigenvalue weighted by Gasteiger charge is 2.16. The van der Waals surface area contributed by atoms with E-state index in [1.807, 2.05) is 12.3 Å². The molecule has 0 aromatic carbocycles. The number of pyridine rings is 1. The molecule has 1 aromatic heterocycles. The van der Waals surface area contributed by atoms with Crippen molar-refractivity contribution in [2.45, 2.75) is 25.7 Å². The maximum absolute atomic E-state index is 11.4. The van der Waals surface area contributed by atoms with Crippen molar-refractivity contribution >= 4 is 11.7 Å². The van der Waals surface area contributed by atoms with Crippen LogP contribution in [0.3, 0.4) is 0 Å². The summed E-state index contributed by atoms with van der Waals surface area (Å²) in [5, 5.41) is 0. The summed E-state index contributed by atoms with van der Waals surface area (Å²) in [7, 11) is 1.42. The maximum atomic E-state index is 11.4. The smallest absolute Gasteiger partial charge is 0.310 e. The first-order chi connectivity index (χ1) is 8.31. The Labute approximate surface area is 102 Å². The maximum Gasteiger partial charge on any atom is 0.310 e. The summed E-state index contributed by atoms with van der Waals surface area (Å²) in [5.41, 5.74) is 2.09. The van der Waals surface area contributed by atoms with Crippen LogP contribution in [-0.2, 0) is 16.0 Å². The summed E-state index contributed by atoms with van der Waals surface area (Å²) >= 11 is 0. The van der Waals surface area contributed by atoms with Gasteiger partial charge < -0.3 is 9.64 Å². The molecule has 0 spiro atoms. The van der Waals surface area contributed by atoms with Crippen molar-refractivity contribution in [3.8, 4) is 0 Å². The van der Waals surface area contributed by atoms with Crippen molar-refractivity contribution in [1.82, 2.24) is 4.98 Å². The predicted octanol–water partition coefficient (Wildman–Crippen LogP) is 1.79. The molecule has 0 saturated carbocycles. The number of hydrogen-bond acceptors (Lipinski definition) is 4. The van der Waals surface area contributed by atoms with E-state index >= 15 is 0 Å². The van der Waals surface area contributed by atoms with E-state index in [-0.39, 0.29) is 5.97 Å². The summed E-state index contributed by atoms with van der Waals surface area (Å²) in [4.78, 5) is 17.8. The third kappa shape index (κ3) is 2.96. The van der Waals surface area contributed by atoms with Gasteiger partial charge in [-0.25, -0.2) is 0 Å². The van der Waals surface area contributed by atoms with Crippen molar-refractivity contribution in [3.63, 3.8) is 0 Å². The number of hydrogen-bond donors (Lipinski definition) is 0. The summed E-state index contributed by atoms with van der Waals surface area (Å²) in [6, 6.07) is 1.90. The van der Waals surface area contributed by atoms with Gasteiger partial charge in [-0.1, -0.05) is 0 Å². The highest BCUT2D eigenvalue weighted by Crippen LogP contribution is 2.23. The lowest BCUT2D eigenvalue weighted by Gasteiger charge is -2.30. The first-order valence-corrected chi connectivity index (χ1v) is 6.06. The fraction of sp³-hybridized carbons (Fsp3) is 0.538. The lowest BCUT2D eigenvalue weighted by Crippen LogP contribution is -2.30. The van der Waals surface area contributed by atoms with E-state index in [1.165, 1.54) is 26.4 Å². The Morgan fingerprint density at radius 1 is 1.41 bits per heavy atom. The van der Waals surface area contributed by atoms with Gasteiger partial charge in [0.1, 0.15) is 0 Å². The summed E-state index contributed by atoms with van der Waals surface area (Å²) in [6.07, 6.45) is 7.63. The zero-order chi connectivity index (χ0) is 12.1. The molecule has 92 valence electrons. The number of carbonyl (C=O) groups excluding carboxylic acids is 1. The number of anilines is 1. The topological polar surface area (TPSA) is 42.4 Å². The molecular weight excluding hydrogens is 216 g/mol. The highest BCUT2D eigenvalue weighted by atomic mass is 16.5. The number of ether oxygens (including phenoxy) is 1. The van der Waals surface area contributed by atoms with Crippen LogP contribution in [0.5, 0.6) is 0 Å². The molecule has 4 heteroatoms. The minimum Gasteiger partial charge on any atom is -0.469 e. The van der Waals surface area contributed by atoms with Crippen molar-refractivity contribution in [2.75, 3.05) is 25.1 Å². The Balaban J connectivity index is 2.17. The minimum atomic E-state index is -0.200. The first kappa shape index (κ1) is 11.9. The molecule has 0 bridgehead atoms. The van der Waals surface area contributed by atoms with Gasteiger partial charge in [-0.05, 0) is 30.9 Å². The fourth-order valence-corrected chi connectivity index (χ4v) is 2.21. The monoisotopic (exact) mass is 234 g/mol. The second-order valence-corrected chi connectivity index (χ2v) is 4.31. The van der Waals surface area contributed by atoms with Crippen molar-refractivity contribution < 1.29 is 9.53 Å². The van der Waals surface area contributed by atoms with Crippen LogP contribution >= 0.6 is 0 Å². The molecule has 17 heavy (non-hydrogen) atoms. The summed E-state index contributed by atoms with van der Waals surface area (Å²) < 4.78 is 4.72. The Hall–Kier alpha value is -1.58. The van der Waals surface area contributed by atoms with E-state index in [0.717, 1.165) is 24.3 Å². The van der Waals surface area contributed by atoms with E-state index in [0.29, 0.717) is 6.42 Å². The van der Waals surface area contributed by atoms with Gasteiger partial charge in [-0.2, -0.15) is 0 Å². The first-order valence-electron chi connectivity index (χ1n) is 6.06. The molecule has 2 heterocycles. The number of rotatable bonds is 3. The third-order valence-corrected chi connectivity index (χ3v) is 3.15. The summed E-state index contributed by atoms with van der Waals surface area (Å²) in [6.45, 7) is 2.11. The standard InChI is InChI=1S/C13H18N2O2/c1-17-13(16)9-11-5-6-14-10-12(11)15-7-3-2-4-8-15/h5-6,10H,2-4,7-9H2,1H3. The van der Waals surface area contributed by atoms with Crippen LogP contribution in [0.1, 0.15) is 24.8 Å². The second kappa shape index (κ2) is 5.66. The van der Waals surface area contributed by atoms with E-state index in [4.69, 9.17) is 4.74 Å². The Kier molecular flexibility index (Phi) is 3.96. The average molecular weight is 234 g/mol. The molecular formula is C13H18N2O2. The average Bonchev–Trinajstić information content (AvgIpc) is 2.40. The zero-order valence-corrected chi connectivity index (χ0v) is 10.2. The summed E-state index contributed by atoms with van der Waals surface area (Å²) in [5.74, 6) is -0.200. The third-order valence-electron chi connectivity index (χ3n) is 3.15. The number of methoxy groups -OCH3 is 1. The molecule has 0 atom stereocenters. The van der Waals surface area contributed by atoms with Crippen LogP contribution in [0.2, 0.25) is 0 Å². The van der Waals surface area contributed by atoms with Gasteiger partial charge >= 0.3 is 5.97 Å². The molecule has 1 aliphatic heterocycles. The molecule has 4 nitrogen and oxygen atoms in total. The van der Waals surface area contributed by atoms with Gasteiger partial charge in [0.15, 0.2) is 0 Å². The van der Waals surface area contributed by atoms with Crippen LogP contribution in [-0.4, -0.2) is 31.2 Å². The highest BCUT2D eigenvalue weighted by molar-refractivity contribution is 5.75. The lowest BCUT2D eigenvalue weighted by molar-refractivity contribution is -0.139. The minimum absolute atomic E-state index is 0.200. The van der Waals surface area contributed by atoms with E-state index in [1.54, 1.807) is 6.20 Å². The molecule has 1 fully saturated rings. The van der Waals surface area contributed by atoms with Crippen molar-refractivity contribution in [2.24, 2.45) is 0 Å². The molecule has 0 aliphatic carbocycles. The van der Waals surface area contributed by atoms with E-state index < -0.39 is 0 Å². The number of nitrogens with zero attached hydrogens (tertiary/aromatic N) is 2. The van der Waals surface area contributed by atoms with Crippen molar-refractivity contribution in [3.05, 3.63) is 24.0 Å². The molecule has 0 radical (unpaired) electrons. The molecule has 0 unspecified atom stereocenters. The molecule has 2 rings (SSSR count). The van der Waals surface area contributed by atoms with Crippen LogP contribution in [0.25, 0.3) is 0 Å². The Bertz CT molecular complexity index is 387. The van der Waals surface area contributed by atoms with Gasteiger partial charge in [0.2, 0.25) is 0 Å². The molecule has 1 aliphatic rings. The molecule has 0 N–H and O–H groups in total. The zero-order valence-electron chi connectivity index (χ0n) is 10.2. The lowest BCUT2D eigenvalue weighted by atomic mass is 10.1. The fourth-order valence-electron chi connectivity index (χ4n) is 2.21. The van der Waals surface area contributed by atoms with Crippen molar-refractivity contribution in [1.29, 1.82) is 0 Å². The van der Waals surface area contributed by atoms with Crippen LogP contribution < -0.4 is 4.90 Å². The SMILES string of the molecule is COC(=O)Cc1ccncc1N1CCCCC1. The van der Waals surface area contributed by atoms with Gasteiger partial charge in [-0.3, -0.25) is 9.78 Å². The van der Waals surface area contributed by atoms with E-state index in [9.17, 15) is 4.79 Å². The predicted molar refractivity (Wildman–Crippen MR) is 66.0 cm³/mol. The number of aromatic nitrogens is 1. The molecule has 0 amide bonds. The van der Waals surface area contributed by atoms with Crippen LogP contribution in [0, 0.1) is 0 Å². The van der Waals surface area contributed by atoms with Gasteiger partial charge in [-0.15, -0.1) is 0 Å². The van der Waals surface area contributed by atoms with Gasteiger partial charge in [0.25, 0.3) is 0 Å². The van der Waals surface area contributed by atoms with Gasteiger partial charge in [0, 0.05) is 19.3 Å². The van der Waals surface area contributed by atoms with Gasteiger partial charge in [0.05, 0.1) is 25.4 Å². The largest absolute Gasteiger partial charge is 0.469 e. The molecule has 1 saturated heterocycles. The quantitative estimate of drug-likeness (QED) is 0.748. The number of piperidine rings is 1. The normalized spacial score (nSPS) is 15.7. The Morgan fingerprint density at radius 2 is 2.18 bits per heavy atom. The number of esters is 1. The van der Waals surface area contributed by atoms with Crippen LogP contribution in [0.4, 0.5) is 5.69 Å². The Morgan fingerprint density at radius 3 is 2.88 bits per heavy atom. The molecule has 1 aromatic rings.